The van der Waals surface area contributed by atoms with Crippen molar-refractivity contribution < 1.29 is 4.79 Å². The largest absolute Gasteiger partial charge is 0.299 e. The van der Waals surface area contributed by atoms with E-state index in [9.17, 15) is 4.79 Å². The van der Waals surface area contributed by atoms with E-state index in [0.717, 1.165) is 24.3 Å². The summed E-state index contributed by atoms with van der Waals surface area (Å²) in [5.74, 6) is 0.740. The van der Waals surface area contributed by atoms with E-state index in [0.29, 0.717) is 18.1 Å². The summed E-state index contributed by atoms with van der Waals surface area (Å²) in [5, 5.41) is 0.741. The predicted molar refractivity (Wildman–Crippen MR) is 75.8 cm³/mol. The molecule has 0 saturated heterocycles. The third-order valence-electron chi connectivity index (χ3n) is 4.03. The Morgan fingerprint density at radius 2 is 2.11 bits per heavy atom. The van der Waals surface area contributed by atoms with Gasteiger partial charge in [0.05, 0.1) is 0 Å². The van der Waals surface area contributed by atoms with Gasteiger partial charge in [-0.3, -0.25) is 4.79 Å². The lowest BCUT2D eigenvalue weighted by Gasteiger charge is -2.35. The molecule has 1 fully saturated rings. The summed E-state index contributed by atoms with van der Waals surface area (Å²) in [6.07, 6.45) is 5.39. The van der Waals surface area contributed by atoms with Crippen molar-refractivity contribution >= 4 is 17.4 Å². The summed E-state index contributed by atoms with van der Waals surface area (Å²) in [6, 6.07) is 7.81. The summed E-state index contributed by atoms with van der Waals surface area (Å²) in [4.78, 5) is 12.3. The quantitative estimate of drug-likeness (QED) is 0.736. The number of allylic oxidation sites excluding steroid dienone is 1. The van der Waals surface area contributed by atoms with E-state index in [1.807, 2.05) is 30.3 Å². The first kappa shape index (κ1) is 13.4. The fourth-order valence-electron chi connectivity index (χ4n) is 2.67. The highest BCUT2D eigenvalue weighted by molar-refractivity contribution is 6.30. The highest BCUT2D eigenvalue weighted by Crippen LogP contribution is 2.38. The van der Waals surface area contributed by atoms with Crippen LogP contribution in [0.15, 0.2) is 36.9 Å². The first-order valence-electron chi connectivity index (χ1n) is 6.44. The lowest BCUT2D eigenvalue weighted by Crippen LogP contribution is -2.36. The second-order valence-electron chi connectivity index (χ2n) is 5.53. The van der Waals surface area contributed by atoms with Crippen molar-refractivity contribution in [3.63, 3.8) is 0 Å². The maximum atomic E-state index is 12.3. The van der Waals surface area contributed by atoms with E-state index in [1.165, 1.54) is 5.56 Å². The number of hydrogen-bond donors (Lipinski definition) is 0. The lowest BCUT2D eigenvalue weighted by atomic mass is 9.68. The van der Waals surface area contributed by atoms with Gasteiger partial charge in [0.25, 0.3) is 0 Å². The van der Waals surface area contributed by atoms with Gasteiger partial charge >= 0.3 is 0 Å². The number of carbonyl (C=O) groups is 1. The van der Waals surface area contributed by atoms with Crippen LogP contribution in [0.4, 0.5) is 0 Å². The number of ketones is 1. The number of benzene rings is 1. The monoisotopic (exact) mass is 262 g/mol. The van der Waals surface area contributed by atoms with Gasteiger partial charge in [-0.2, -0.15) is 0 Å². The molecule has 0 heterocycles. The van der Waals surface area contributed by atoms with Crippen LogP contribution >= 0.6 is 11.6 Å². The minimum absolute atomic E-state index is 0.215. The molecule has 0 amide bonds. The van der Waals surface area contributed by atoms with Crippen LogP contribution in [-0.2, 0) is 11.2 Å². The maximum Gasteiger partial charge on any atom is 0.139 e. The Morgan fingerprint density at radius 1 is 1.44 bits per heavy atom. The average Bonchev–Trinajstić information content (AvgIpc) is 2.36. The first-order valence-corrected chi connectivity index (χ1v) is 6.81. The van der Waals surface area contributed by atoms with Crippen LogP contribution in [0.2, 0.25) is 5.02 Å². The Bertz CT molecular complexity index is 449. The van der Waals surface area contributed by atoms with Gasteiger partial charge in [-0.25, -0.2) is 0 Å². The molecule has 1 aromatic rings. The standard InChI is InChI=1S/C16H19ClO/c1-3-12-8-9-16(2,15(18)10-12)11-13-4-6-14(17)7-5-13/h3-7,12H,1,8-11H2,2H3. The van der Waals surface area contributed by atoms with Gasteiger partial charge in [-0.1, -0.05) is 36.7 Å². The molecule has 1 saturated carbocycles. The zero-order valence-electron chi connectivity index (χ0n) is 10.8. The summed E-state index contributed by atoms with van der Waals surface area (Å²) < 4.78 is 0. The van der Waals surface area contributed by atoms with Gasteiger partial charge in [-0.15, -0.1) is 6.58 Å². The van der Waals surface area contributed by atoms with Gasteiger partial charge in [0, 0.05) is 16.9 Å². The van der Waals surface area contributed by atoms with Crippen molar-refractivity contribution in [2.45, 2.75) is 32.6 Å². The zero-order chi connectivity index (χ0) is 13.2. The van der Waals surface area contributed by atoms with Crippen LogP contribution in [0.3, 0.4) is 0 Å². The van der Waals surface area contributed by atoms with E-state index >= 15 is 0 Å². The minimum atomic E-state index is -0.215. The number of hydrogen-bond acceptors (Lipinski definition) is 1. The third-order valence-corrected chi connectivity index (χ3v) is 4.28. The van der Waals surface area contributed by atoms with Crippen LogP contribution in [0.25, 0.3) is 0 Å². The summed E-state index contributed by atoms with van der Waals surface area (Å²) in [5.41, 5.74) is 0.972. The van der Waals surface area contributed by atoms with Gasteiger partial charge < -0.3 is 0 Å². The normalized spacial score (nSPS) is 28.1. The summed E-state index contributed by atoms with van der Waals surface area (Å²) in [7, 11) is 0. The topological polar surface area (TPSA) is 17.1 Å². The number of rotatable bonds is 3. The molecule has 2 unspecified atom stereocenters. The van der Waals surface area contributed by atoms with Gasteiger partial charge in [0.1, 0.15) is 5.78 Å². The number of halogens is 1. The first-order chi connectivity index (χ1) is 8.53. The Balaban J connectivity index is 2.10. The van der Waals surface area contributed by atoms with Crippen molar-refractivity contribution in [2.24, 2.45) is 11.3 Å². The Labute approximate surface area is 114 Å². The molecule has 0 spiro atoms. The minimum Gasteiger partial charge on any atom is -0.299 e. The number of Topliss-reactive ketones (excluding diaryl/α,β-unsaturated/α-hetero) is 1. The van der Waals surface area contributed by atoms with E-state index in [1.54, 1.807) is 0 Å². The molecule has 1 aliphatic rings. The van der Waals surface area contributed by atoms with E-state index in [4.69, 9.17) is 11.6 Å². The molecule has 0 aromatic heterocycles. The molecule has 1 aromatic carbocycles. The van der Waals surface area contributed by atoms with Crippen molar-refractivity contribution in [3.8, 4) is 0 Å². The third kappa shape index (κ3) is 2.84. The fourth-order valence-corrected chi connectivity index (χ4v) is 2.80. The molecule has 2 rings (SSSR count). The number of carbonyl (C=O) groups excluding carboxylic acids is 1. The van der Waals surface area contributed by atoms with Crippen LogP contribution in [-0.4, -0.2) is 5.78 Å². The van der Waals surface area contributed by atoms with E-state index in [-0.39, 0.29) is 5.41 Å². The van der Waals surface area contributed by atoms with Gasteiger partial charge in [0.2, 0.25) is 0 Å². The fraction of sp³-hybridized carbons (Fsp3) is 0.438. The highest BCUT2D eigenvalue weighted by Gasteiger charge is 2.37. The molecule has 0 aliphatic heterocycles. The molecule has 96 valence electrons. The SMILES string of the molecule is C=CC1CCC(C)(Cc2ccc(Cl)cc2)C(=O)C1. The lowest BCUT2D eigenvalue weighted by molar-refractivity contribution is -0.131. The molecule has 1 nitrogen and oxygen atoms in total. The van der Waals surface area contributed by atoms with Crippen LogP contribution < -0.4 is 0 Å². The second-order valence-corrected chi connectivity index (χ2v) is 5.96. The zero-order valence-corrected chi connectivity index (χ0v) is 11.5. The summed E-state index contributed by atoms with van der Waals surface area (Å²) >= 11 is 5.88. The van der Waals surface area contributed by atoms with Crippen molar-refractivity contribution in [3.05, 3.63) is 47.5 Å². The highest BCUT2D eigenvalue weighted by atomic mass is 35.5. The van der Waals surface area contributed by atoms with Gasteiger partial charge in [0.15, 0.2) is 0 Å². The van der Waals surface area contributed by atoms with E-state index < -0.39 is 0 Å². The summed E-state index contributed by atoms with van der Waals surface area (Å²) in [6.45, 7) is 5.88. The van der Waals surface area contributed by atoms with Crippen LogP contribution in [0, 0.1) is 11.3 Å². The molecule has 0 radical (unpaired) electrons. The Kier molecular flexibility index (Phi) is 3.91. The Hall–Kier alpha value is -1.08. The van der Waals surface area contributed by atoms with Crippen LogP contribution in [0.1, 0.15) is 31.7 Å². The molecule has 1 aliphatic carbocycles. The average molecular weight is 263 g/mol. The van der Waals surface area contributed by atoms with Crippen molar-refractivity contribution in [1.82, 2.24) is 0 Å². The van der Waals surface area contributed by atoms with Crippen molar-refractivity contribution in [2.75, 3.05) is 0 Å². The smallest absolute Gasteiger partial charge is 0.139 e. The van der Waals surface area contributed by atoms with Gasteiger partial charge in [-0.05, 0) is 42.9 Å². The molecular weight excluding hydrogens is 244 g/mol. The van der Waals surface area contributed by atoms with E-state index in [2.05, 4.69) is 13.5 Å². The van der Waals surface area contributed by atoms with Crippen molar-refractivity contribution in [1.29, 1.82) is 0 Å². The molecule has 2 atom stereocenters. The van der Waals surface area contributed by atoms with Crippen LogP contribution in [0.5, 0.6) is 0 Å². The molecule has 2 heteroatoms. The molecular formula is C16H19ClO. The molecule has 0 bridgehead atoms. The molecule has 0 N–H and O–H groups in total. The predicted octanol–water partition coefficient (Wildman–Crippen LogP) is 4.44. The Morgan fingerprint density at radius 3 is 2.67 bits per heavy atom. The second kappa shape index (κ2) is 5.27. The maximum absolute atomic E-state index is 12.3. The molecule has 18 heavy (non-hydrogen) atoms.